The van der Waals surface area contributed by atoms with E-state index in [1.165, 1.54) is 11.1 Å². The number of rotatable bonds is 0. The number of hydrogen-bond donors (Lipinski definition) is 0. The Kier molecular flexibility index (Phi) is 3.20. The molecule has 0 fully saturated rings. The molecule has 0 nitrogen and oxygen atoms in total. The molecule has 0 aromatic heterocycles. The van der Waals surface area contributed by atoms with Gasteiger partial charge in [-0.2, -0.15) is 0 Å². The molecule has 1 heteroatoms. The Morgan fingerprint density at radius 3 is 1.79 bits per heavy atom. The van der Waals surface area contributed by atoms with Gasteiger partial charge in [0.05, 0.1) is 0 Å². The van der Waals surface area contributed by atoms with Crippen molar-refractivity contribution in [1.29, 1.82) is 0 Å². The smallest absolute Gasteiger partial charge is 0.0161 e. The molecule has 0 saturated carbocycles. The molecular weight excluding hydrogens is 188 g/mol. The highest BCUT2D eigenvalue weighted by Crippen LogP contribution is 2.43. The van der Waals surface area contributed by atoms with Gasteiger partial charge in [0.1, 0.15) is 0 Å². The normalized spacial score (nSPS) is 19.0. The standard InChI is InChI=1S/C13H22S/c1-12(2,3)10-7-8-14-9-11(10)13(4,5)6/h7,9H,8H2,1-6H3. The van der Waals surface area contributed by atoms with Gasteiger partial charge in [-0.25, -0.2) is 0 Å². The van der Waals surface area contributed by atoms with E-state index in [0.29, 0.717) is 0 Å². The highest BCUT2D eigenvalue weighted by molar-refractivity contribution is 8.02. The van der Waals surface area contributed by atoms with Gasteiger partial charge >= 0.3 is 0 Å². The Balaban J connectivity index is 3.06. The van der Waals surface area contributed by atoms with Crippen LogP contribution in [0, 0.1) is 10.8 Å². The van der Waals surface area contributed by atoms with Crippen LogP contribution in [-0.4, -0.2) is 5.75 Å². The topological polar surface area (TPSA) is 0 Å². The van der Waals surface area contributed by atoms with Crippen LogP contribution in [-0.2, 0) is 0 Å². The molecule has 1 aliphatic heterocycles. The zero-order chi connectivity index (χ0) is 11.0. The first-order chi connectivity index (χ1) is 6.23. The van der Waals surface area contributed by atoms with Gasteiger partial charge < -0.3 is 0 Å². The molecule has 0 bridgehead atoms. The van der Waals surface area contributed by atoms with Crippen molar-refractivity contribution in [2.45, 2.75) is 41.5 Å². The van der Waals surface area contributed by atoms with Gasteiger partial charge in [0.15, 0.2) is 0 Å². The summed E-state index contributed by atoms with van der Waals surface area (Å²) >= 11 is 1.91. The minimum atomic E-state index is 0.270. The lowest BCUT2D eigenvalue weighted by molar-refractivity contribution is 0.446. The summed E-state index contributed by atoms with van der Waals surface area (Å²) in [6.45, 7) is 13.8. The largest absolute Gasteiger partial charge is 0.130 e. The summed E-state index contributed by atoms with van der Waals surface area (Å²) in [7, 11) is 0. The van der Waals surface area contributed by atoms with Crippen molar-refractivity contribution in [3.63, 3.8) is 0 Å². The molecule has 1 heterocycles. The van der Waals surface area contributed by atoms with Crippen LogP contribution in [0.25, 0.3) is 0 Å². The summed E-state index contributed by atoms with van der Waals surface area (Å²) in [6.07, 6.45) is 2.39. The van der Waals surface area contributed by atoms with Crippen LogP contribution < -0.4 is 0 Å². The van der Waals surface area contributed by atoms with E-state index >= 15 is 0 Å². The van der Waals surface area contributed by atoms with Crippen molar-refractivity contribution in [1.82, 2.24) is 0 Å². The van der Waals surface area contributed by atoms with E-state index in [1.54, 1.807) is 0 Å². The molecule has 80 valence electrons. The van der Waals surface area contributed by atoms with Gasteiger partial charge in [-0.3, -0.25) is 0 Å². The molecule has 1 aliphatic rings. The van der Waals surface area contributed by atoms with Crippen LogP contribution in [0.2, 0.25) is 0 Å². The summed E-state index contributed by atoms with van der Waals surface area (Å²) in [6, 6.07) is 0. The molecular formula is C13H22S. The molecule has 0 saturated heterocycles. The van der Waals surface area contributed by atoms with Gasteiger partial charge in [-0.05, 0) is 27.4 Å². The Hall–Kier alpha value is -0.170. The third-order valence-electron chi connectivity index (χ3n) is 2.49. The lowest BCUT2D eigenvalue weighted by Crippen LogP contribution is -2.21. The predicted molar refractivity (Wildman–Crippen MR) is 67.5 cm³/mol. The molecule has 14 heavy (non-hydrogen) atoms. The van der Waals surface area contributed by atoms with Crippen molar-refractivity contribution in [3.8, 4) is 0 Å². The van der Waals surface area contributed by atoms with Crippen LogP contribution in [0.15, 0.2) is 22.6 Å². The fourth-order valence-electron chi connectivity index (χ4n) is 1.73. The average Bonchev–Trinajstić information content (AvgIpc) is 2.01. The predicted octanol–water partition coefficient (Wildman–Crippen LogP) is 4.64. The maximum atomic E-state index is 2.39. The first-order valence-electron chi connectivity index (χ1n) is 5.26. The first kappa shape index (κ1) is 11.9. The van der Waals surface area contributed by atoms with Crippen LogP contribution in [0.1, 0.15) is 41.5 Å². The monoisotopic (exact) mass is 210 g/mol. The minimum absolute atomic E-state index is 0.270. The van der Waals surface area contributed by atoms with Gasteiger partial charge in [0.25, 0.3) is 0 Å². The zero-order valence-corrected chi connectivity index (χ0v) is 11.1. The Morgan fingerprint density at radius 2 is 1.43 bits per heavy atom. The Morgan fingerprint density at radius 1 is 0.929 bits per heavy atom. The van der Waals surface area contributed by atoms with E-state index in [9.17, 15) is 0 Å². The molecule has 0 atom stereocenters. The van der Waals surface area contributed by atoms with Gasteiger partial charge in [-0.15, -0.1) is 11.8 Å². The Labute approximate surface area is 92.9 Å². The third kappa shape index (κ3) is 2.66. The van der Waals surface area contributed by atoms with Gasteiger partial charge in [-0.1, -0.05) is 47.6 Å². The highest BCUT2D eigenvalue weighted by Gasteiger charge is 2.29. The number of allylic oxidation sites excluding steroid dienone is 2. The zero-order valence-electron chi connectivity index (χ0n) is 10.3. The second-order valence-corrected chi connectivity index (χ2v) is 6.89. The maximum absolute atomic E-state index is 2.39. The SMILES string of the molecule is CC(C)(C)C1=CCSC=C1C(C)(C)C. The average molecular weight is 210 g/mol. The van der Waals surface area contributed by atoms with E-state index in [2.05, 4.69) is 53.0 Å². The molecule has 0 aromatic carbocycles. The number of thioether (sulfide) groups is 1. The second kappa shape index (κ2) is 3.77. The molecule has 0 aromatic rings. The molecule has 0 N–H and O–H groups in total. The van der Waals surface area contributed by atoms with E-state index in [-0.39, 0.29) is 10.8 Å². The van der Waals surface area contributed by atoms with Crippen molar-refractivity contribution >= 4 is 11.8 Å². The molecule has 1 rings (SSSR count). The van der Waals surface area contributed by atoms with Crippen molar-refractivity contribution < 1.29 is 0 Å². The molecule has 0 aliphatic carbocycles. The van der Waals surface area contributed by atoms with Crippen LogP contribution in [0.5, 0.6) is 0 Å². The lowest BCUT2D eigenvalue weighted by Gasteiger charge is -2.34. The first-order valence-corrected chi connectivity index (χ1v) is 6.31. The van der Waals surface area contributed by atoms with Crippen LogP contribution in [0.3, 0.4) is 0 Å². The second-order valence-electron chi connectivity index (χ2n) is 5.98. The summed E-state index contributed by atoms with van der Waals surface area (Å²) in [5, 5.41) is 2.35. The molecule has 0 spiro atoms. The van der Waals surface area contributed by atoms with E-state index in [4.69, 9.17) is 0 Å². The van der Waals surface area contributed by atoms with E-state index < -0.39 is 0 Å². The third-order valence-corrected chi connectivity index (χ3v) is 3.25. The maximum Gasteiger partial charge on any atom is 0.0161 e. The van der Waals surface area contributed by atoms with E-state index in [1.807, 2.05) is 11.8 Å². The minimum Gasteiger partial charge on any atom is -0.130 e. The molecule has 0 unspecified atom stereocenters. The van der Waals surface area contributed by atoms with Crippen molar-refractivity contribution in [2.24, 2.45) is 10.8 Å². The summed E-state index contributed by atoms with van der Waals surface area (Å²) in [5.74, 6) is 1.13. The number of hydrogen-bond acceptors (Lipinski definition) is 1. The van der Waals surface area contributed by atoms with E-state index in [0.717, 1.165) is 5.75 Å². The molecule has 0 amide bonds. The lowest BCUT2D eigenvalue weighted by atomic mass is 9.73. The summed E-state index contributed by atoms with van der Waals surface area (Å²) in [4.78, 5) is 0. The summed E-state index contributed by atoms with van der Waals surface area (Å²) in [5.41, 5.74) is 3.59. The van der Waals surface area contributed by atoms with Crippen LogP contribution in [0.4, 0.5) is 0 Å². The van der Waals surface area contributed by atoms with Crippen molar-refractivity contribution in [3.05, 3.63) is 22.6 Å². The van der Waals surface area contributed by atoms with Crippen LogP contribution >= 0.6 is 11.8 Å². The van der Waals surface area contributed by atoms with Gasteiger partial charge in [0.2, 0.25) is 0 Å². The highest BCUT2D eigenvalue weighted by atomic mass is 32.2. The fourth-order valence-corrected chi connectivity index (χ4v) is 2.73. The quantitative estimate of drug-likeness (QED) is 0.561. The fraction of sp³-hybridized carbons (Fsp3) is 0.692. The molecule has 0 radical (unpaired) electrons. The Bertz CT molecular complexity index is 239. The van der Waals surface area contributed by atoms with Gasteiger partial charge in [0, 0.05) is 5.75 Å². The summed E-state index contributed by atoms with van der Waals surface area (Å²) < 4.78 is 0. The van der Waals surface area contributed by atoms with Crippen molar-refractivity contribution in [2.75, 3.05) is 5.75 Å².